The van der Waals surface area contributed by atoms with E-state index < -0.39 is 17.6 Å². The Morgan fingerprint density at radius 3 is 2.30 bits per heavy atom. The number of anilines is 2. The van der Waals surface area contributed by atoms with E-state index >= 15 is 0 Å². The van der Waals surface area contributed by atoms with Crippen molar-refractivity contribution in [1.29, 1.82) is 0 Å². The van der Waals surface area contributed by atoms with Crippen molar-refractivity contribution in [3.63, 3.8) is 0 Å². The zero-order chi connectivity index (χ0) is 23.4. The maximum Gasteiger partial charge on any atom is 0.283 e. The summed E-state index contributed by atoms with van der Waals surface area (Å²) in [5.41, 5.74) is 1.79. The van der Waals surface area contributed by atoms with Gasteiger partial charge in [-0.2, -0.15) is 0 Å². The first kappa shape index (κ1) is 23.1. The van der Waals surface area contributed by atoms with E-state index in [9.17, 15) is 14.0 Å². The van der Waals surface area contributed by atoms with Crippen LogP contribution in [0, 0.1) is 5.82 Å². The largest absolute Gasteiger partial charge is 0.348 e. The predicted molar refractivity (Wildman–Crippen MR) is 132 cm³/mol. The fourth-order valence-corrected chi connectivity index (χ4v) is 4.51. The van der Waals surface area contributed by atoms with Crippen molar-refractivity contribution in [2.75, 3.05) is 10.2 Å². The van der Waals surface area contributed by atoms with Crippen LogP contribution >= 0.6 is 23.4 Å². The Morgan fingerprint density at radius 1 is 0.939 bits per heavy atom. The number of hydrogen-bond donors (Lipinski definition) is 1. The Balaban J connectivity index is 1.68. The van der Waals surface area contributed by atoms with E-state index in [1.54, 1.807) is 48.5 Å². The number of carbonyl (C=O) groups excluding carboxylic acids is 2. The molecule has 0 unspecified atom stereocenters. The number of halogens is 2. The van der Waals surface area contributed by atoms with Crippen LogP contribution in [0.5, 0.6) is 0 Å². The lowest BCUT2D eigenvalue weighted by molar-refractivity contribution is -0.120. The molecule has 0 radical (unpaired) electrons. The summed E-state index contributed by atoms with van der Waals surface area (Å²) in [5, 5.41) is 3.42. The summed E-state index contributed by atoms with van der Waals surface area (Å²) in [4.78, 5) is 28.8. The van der Waals surface area contributed by atoms with Gasteiger partial charge in [0.05, 0.1) is 11.4 Å². The van der Waals surface area contributed by atoms with Crippen LogP contribution < -0.4 is 10.2 Å². The van der Waals surface area contributed by atoms with Crippen LogP contribution in [-0.4, -0.2) is 11.8 Å². The quantitative estimate of drug-likeness (QED) is 0.360. The first-order valence-electron chi connectivity index (χ1n) is 10.6. The number of aryl methyl sites for hydroxylation is 1. The molecular weight excluding hydrogens is 459 g/mol. The normalized spacial score (nSPS) is 13.7. The maximum atomic E-state index is 14.3. The summed E-state index contributed by atoms with van der Waals surface area (Å²) < 4.78 is 14.3. The average Bonchev–Trinajstić information content (AvgIpc) is 3.05. The fourth-order valence-electron chi connectivity index (χ4n) is 3.46. The first-order chi connectivity index (χ1) is 16.0. The number of carbonyl (C=O) groups is 2. The summed E-state index contributed by atoms with van der Waals surface area (Å²) in [6, 6.07) is 20.4. The van der Waals surface area contributed by atoms with Gasteiger partial charge < -0.3 is 5.32 Å². The molecule has 0 aliphatic carbocycles. The van der Waals surface area contributed by atoms with Gasteiger partial charge in [-0.3, -0.25) is 9.59 Å². The lowest BCUT2D eigenvalue weighted by atomic mass is 10.1. The van der Waals surface area contributed by atoms with Gasteiger partial charge in [-0.25, -0.2) is 9.29 Å². The molecule has 2 amide bonds. The van der Waals surface area contributed by atoms with Crippen molar-refractivity contribution in [3.8, 4) is 0 Å². The second-order valence-electron chi connectivity index (χ2n) is 7.58. The number of rotatable bonds is 8. The monoisotopic (exact) mass is 480 g/mol. The molecule has 3 aromatic carbocycles. The summed E-state index contributed by atoms with van der Waals surface area (Å²) in [6.45, 7) is 2.13. The third-order valence-corrected chi connectivity index (χ3v) is 6.56. The number of para-hydroxylation sites is 1. The van der Waals surface area contributed by atoms with Crippen molar-refractivity contribution in [2.45, 2.75) is 31.1 Å². The number of nitrogens with zero attached hydrogens (tertiary/aromatic N) is 1. The van der Waals surface area contributed by atoms with Crippen LogP contribution in [0.15, 0.2) is 88.3 Å². The zero-order valence-electron chi connectivity index (χ0n) is 18.0. The van der Waals surface area contributed by atoms with Crippen LogP contribution in [-0.2, 0) is 16.0 Å². The molecule has 1 N–H and O–H groups in total. The standard InChI is InChI=1S/C26H22ClFN2O2S/c1-2-3-6-17-9-13-19(14-10-17)30-25(31)23(29-22-8-5-4-7-21(22)28)24(26(30)32)33-20-15-11-18(27)12-16-20/h4-5,7-16,29H,2-3,6H2,1H3. The number of imide groups is 1. The third kappa shape index (κ3) is 5.13. The Labute approximate surface area is 201 Å². The van der Waals surface area contributed by atoms with Crippen molar-refractivity contribution in [2.24, 2.45) is 0 Å². The molecule has 1 heterocycles. The highest BCUT2D eigenvalue weighted by Crippen LogP contribution is 2.38. The topological polar surface area (TPSA) is 49.4 Å². The van der Waals surface area contributed by atoms with Gasteiger partial charge in [-0.05, 0) is 66.9 Å². The van der Waals surface area contributed by atoms with Gasteiger partial charge in [0.15, 0.2) is 0 Å². The molecule has 168 valence electrons. The first-order valence-corrected chi connectivity index (χ1v) is 11.8. The Hall–Kier alpha value is -3.09. The van der Waals surface area contributed by atoms with E-state index in [2.05, 4.69) is 12.2 Å². The van der Waals surface area contributed by atoms with Gasteiger partial charge in [0.25, 0.3) is 11.8 Å². The average molecular weight is 481 g/mol. The van der Waals surface area contributed by atoms with Crippen molar-refractivity contribution >= 4 is 46.6 Å². The highest BCUT2D eigenvalue weighted by molar-refractivity contribution is 8.04. The molecule has 0 aromatic heterocycles. The number of unbranched alkanes of at least 4 members (excludes halogenated alkanes) is 1. The number of thioether (sulfide) groups is 1. The molecule has 0 saturated heterocycles. The van der Waals surface area contributed by atoms with Gasteiger partial charge in [-0.15, -0.1) is 0 Å². The molecule has 4 nitrogen and oxygen atoms in total. The van der Waals surface area contributed by atoms with Gasteiger partial charge in [0.2, 0.25) is 0 Å². The highest BCUT2D eigenvalue weighted by atomic mass is 35.5. The van der Waals surface area contributed by atoms with Crippen molar-refractivity contribution < 1.29 is 14.0 Å². The molecule has 0 atom stereocenters. The van der Waals surface area contributed by atoms with Crippen LogP contribution in [0.4, 0.5) is 15.8 Å². The second kappa shape index (κ2) is 10.2. The van der Waals surface area contributed by atoms with Gasteiger partial charge in [-0.1, -0.05) is 61.0 Å². The molecule has 7 heteroatoms. The number of hydrogen-bond acceptors (Lipinski definition) is 4. The maximum absolute atomic E-state index is 14.3. The summed E-state index contributed by atoms with van der Waals surface area (Å²) in [5.74, 6) is -1.50. The summed E-state index contributed by atoms with van der Waals surface area (Å²) >= 11 is 7.12. The van der Waals surface area contributed by atoms with E-state index in [0.29, 0.717) is 10.7 Å². The molecule has 3 aromatic rings. The molecule has 0 saturated carbocycles. The van der Waals surface area contributed by atoms with E-state index in [-0.39, 0.29) is 16.3 Å². The molecule has 1 aliphatic rings. The van der Waals surface area contributed by atoms with Crippen LogP contribution in [0.2, 0.25) is 5.02 Å². The molecule has 4 rings (SSSR count). The molecule has 0 spiro atoms. The molecule has 0 bridgehead atoms. The Kier molecular flexibility index (Phi) is 7.16. The predicted octanol–water partition coefficient (Wildman–Crippen LogP) is 6.81. The van der Waals surface area contributed by atoms with Gasteiger partial charge >= 0.3 is 0 Å². The minimum atomic E-state index is -0.527. The minimum Gasteiger partial charge on any atom is -0.348 e. The molecular formula is C26H22ClFN2O2S. The molecule has 33 heavy (non-hydrogen) atoms. The minimum absolute atomic E-state index is 0.0418. The number of benzene rings is 3. The summed E-state index contributed by atoms with van der Waals surface area (Å²) in [7, 11) is 0. The molecule has 1 aliphatic heterocycles. The van der Waals surface area contributed by atoms with Gasteiger partial charge in [0, 0.05) is 9.92 Å². The molecule has 0 fully saturated rings. The lowest BCUT2D eigenvalue weighted by Gasteiger charge is -2.16. The SMILES string of the molecule is CCCCc1ccc(N2C(=O)C(Nc3ccccc3F)=C(Sc3ccc(Cl)cc3)C2=O)cc1. The van der Waals surface area contributed by atoms with Crippen LogP contribution in [0.25, 0.3) is 0 Å². The Morgan fingerprint density at radius 2 is 1.64 bits per heavy atom. The third-order valence-electron chi connectivity index (χ3n) is 5.22. The highest BCUT2D eigenvalue weighted by Gasteiger charge is 2.40. The van der Waals surface area contributed by atoms with E-state index in [0.717, 1.165) is 46.4 Å². The second-order valence-corrected chi connectivity index (χ2v) is 9.10. The van der Waals surface area contributed by atoms with E-state index in [4.69, 9.17) is 11.6 Å². The van der Waals surface area contributed by atoms with Crippen LogP contribution in [0.1, 0.15) is 25.3 Å². The lowest BCUT2D eigenvalue weighted by Crippen LogP contribution is -2.32. The van der Waals surface area contributed by atoms with Gasteiger partial charge in [0.1, 0.15) is 16.4 Å². The fraction of sp³-hybridized carbons (Fsp3) is 0.154. The Bertz CT molecular complexity index is 1210. The van der Waals surface area contributed by atoms with Crippen molar-refractivity contribution in [1.82, 2.24) is 0 Å². The van der Waals surface area contributed by atoms with Crippen molar-refractivity contribution in [3.05, 3.63) is 99.8 Å². The summed E-state index contributed by atoms with van der Waals surface area (Å²) in [6.07, 6.45) is 3.10. The van der Waals surface area contributed by atoms with E-state index in [1.807, 2.05) is 12.1 Å². The zero-order valence-corrected chi connectivity index (χ0v) is 19.5. The number of nitrogens with one attached hydrogen (secondary N) is 1. The number of amides is 2. The van der Waals surface area contributed by atoms with E-state index in [1.165, 1.54) is 12.1 Å². The van der Waals surface area contributed by atoms with Crippen LogP contribution in [0.3, 0.4) is 0 Å². The smallest absolute Gasteiger partial charge is 0.283 e.